The number of nitrogens with zero attached hydrogens (tertiary/aromatic N) is 1. The van der Waals surface area contributed by atoms with E-state index in [1.807, 2.05) is 0 Å². The minimum atomic E-state index is -5.03. The number of amides is 1. The van der Waals surface area contributed by atoms with E-state index in [1.165, 1.54) is 30.9 Å². The molecule has 3 rings (SSSR count). The van der Waals surface area contributed by atoms with Gasteiger partial charge in [0.2, 0.25) is 0 Å². The zero-order valence-corrected chi connectivity index (χ0v) is 17.1. The summed E-state index contributed by atoms with van der Waals surface area (Å²) in [6, 6.07) is 5.76. The molecule has 168 valence electrons. The van der Waals surface area contributed by atoms with Crippen LogP contribution in [0.15, 0.2) is 36.4 Å². The van der Waals surface area contributed by atoms with Gasteiger partial charge in [0, 0.05) is 29.5 Å². The quantitative estimate of drug-likeness (QED) is 0.549. The van der Waals surface area contributed by atoms with E-state index < -0.39 is 40.3 Å². The molecule has 31 heavy (non-hydrogen) atoms. The summed E-state index contributed by atoms with van der Waals surface area (Å²) in [6.45, 7) is 0.154. The Morgan fingerprint density at radius 3 is 2.10 bits per heavy atom. The predicted molar refractivity (Wildman–Crippen MR) is 102 cm³/mol. The van der Waals surface area contributed by atoms with Crippen molar-refractivity contribution in [2.24, 2.45) is 0 Å². The number of benzene rings is 2. The van der Waals surface area contributed by atoms with Crippen molar-refractivity contribution in [2.45, 2.75) is 17.7 Å². The lowest BCUT2D eigenvalue weighted by Crippen LogP contribution is -2.31. The second-order valence-electron chi connectivity index (χ2n) is 6.62. The zero-order chi connectivity index (χ0) is 23.0. The molecule has 0 saturated carbocycles. The molecule has 0 N–H and O–H groups in total. The summed E-state index contributed by atoms with van der Waals surface area (Å²) >= 11 is 1.33. The predicted octanol–water partition coefficient (Wildman–Crippen LogP) is 5.63. The third-order valence-corrected chi connectivity index (χ3v) is 5.94. The monoisotopic (exact) mass is 465 g/mol. The van der Waals surface area contributed by atoms with Crippen LogP contribution in [0.25, 0.3) is 0 Å². The molecule has 0 radical (unpaired) electrons. The molecular formula is C20H17F6NO3S. The van der Waals surface area contributed by atoms with Gasteiger partial charge < -0.3 is 14.4 Å². The summed E-state index contributed by atoms with van der Waals surface area (Å²) < 4.78 is 89.4. The van der Waals surface area contributed by atoms with Gasteiger partial charge in [0.05, 0.1) is 25.3 Å². The molecule has 4 nitrogen and oxygen atoms in total. The molecule has 1 aliphatic rings. The molecule has 1 saturated heterocycles. The van der Waals surface area contributed by atoms with Crippen molar-refractivity contribution in [3.05, 3.63) is 58.7 Å². The number of carbonyl (C=O) groups excluding carboxylic acids is 1. The van der Waals surface area contributed by atoms with Crippen molar-refractivity contribution in [1.29, 1.82) is 0 Å². The number of carbonyl (C=O) groups is 1. The van der Waals surface area contributed by atoms with Crippen molar-refractivity contribution in [3.63, 3.8) is 0 Å². The lowest BCUT2D eigenvalue weighted by Gasteiger charge is -2.26. The molecule has 1 fully saturated rings. The molecule has 0 aliphatic carbocycles. The number of halogens is 6. The molecule has 11 heteroatoms. The van der Waals surface area contributed by atoms with Crippen molar-refractivity contribution < 1.29 is 40.6 Å². The largest absolute Gasteiger partial charge is 0.497 e. The Morgan fingerprint density at radius 1 is 0.968 bits per heavy atom. The number of methoxy groups -OCH3 is 2. The van der Waals surface area contributed by atoms with Crippen LogP contribution in [0, 0.1) is 0 Å². The van der Waals surface area contributed by atoms with E-state index >= 15 is 0 Å². The fraction of sp³-hybridized carbons (Fsp3) is 0.350. The van der Waals surface area contributed by atoms with E-state index in [9.17, 15) is 31.1 Å². The molecule has 1 amide bonds. The number of thioether (sulfide) groups is 1. The maximum atomic E-state index is 13.2. The van der Waals surface area contributed by atoms with Gasteiger partial charge >= 0.3 is 12.4 Å². The van der Waals surface area contributed by atoms with Gasteiger partial charge in [0.1, 0.15) is 16.9 Å². The van der Waals surface area contributed by atoms with Crippen LogP contribution < -0.4 is 9.47 Å². The maximum absolute atomic E-state index is 13.2. The molecular weight excluding hydrogens is 448 g/mol. The van der Waals surface area contributed by atoms with Gasteiger partial charge in [0.15, 0.2) is 0 Å². The highest BCUT2D eigenvalue weighted by atomic mass is 32.2. The van der Waals surface area contributed by atoms with Crippen LogP contribution in [0.1, 0.15) is 32.4 Å². The summed E-state index contributed by atoms with van der Waals surface area (Å²) in [5.41, 5.74) is -3.18. The van der Waals surface area contributed by atoms with Crippen LogP contribution in [0.5, 0.6) is 11.5 Å². The minimum absolute atomic E-state index is 0.000501. The SMILES string of the molecule is COc1ccc(C2SCCN2C(=O)c2cc(C(F)(F)F)cc(C(F)(F)F)c2)c(OC)c1. The van der Waals surface area contributed by atoms with Crippen LogP contribution in [-0.2, 0) is 12.4 Å². The summed E-state index contributed by atoms with van der Waals surface area (Å²) in [5, 5.41) is -0.641. The summed E-state index contributed by atoms with van der Waals surface area (Å²) in [5.74, 6) is 0.409. The maximum Gasteiger partial charge on any atom is 0.416 e. The van der Waals surface area contributed by atoms with E-state index in [0.29, 0.717) is 34.9 Å². The fourth-order valence-electron chi connectivity index (χ4n) is 3.20. The lowest BCUT2D eigenvalue weighted by molar-refractivity contribution is -0.143. The minimum Gasteiger partial charge on any atom is -0.497 e. The van der Waals surface area contributed by atoms with Crippen LogP contribution in [0.2, 0.25) is 0 Å². The lowest BCUT2D eigenvalue weighted by atomic mass is 10.0. The Hall–Kier alpha value is -2.56. The van der Waals surface area contributed by atoms with Crippen molar-refractivity contribution in [1.82, 2.24) is 4.90 Å². The van der Waals surface area contributed by atoms with Crippen LogP contribution in [0.3, 0.4) is 0 Å². The standard InChI is InChI=1S/C20H17F6NO3S/c1-29-14-3-4-15(16(10-14)30-2)18-27(5-6-31-18)17(28)11-7-12(19(21,22)23)9-13(8-11)20(24,25)26/h3-4,7-10,18H,5-6H2,1-2H3. The molecule has 1 heterocycles. The van der Waals surface area contributed by atoms with E-state index in [-0.39, 0.29) is 12.6 Å². The van der Waals surface area contributed by atoms with Crippen molar-refractivity contribution >= 4 is 17.7 Å². The molecule has 1 aliphatic heterocycles. The molecule has 2 aromatic rings. The average molecular weight is 465 g/mol. The Bertz CT molecular complexity index is 944. The highest BCUT2D eigenvalue weighted by Crippen LogP contribution is 2.44. The number of hydrogen-bond donors (Lipinski definition) is 0. The van der Waals surface area contributed by atoms with Crippen molar-refractivity contribution in [3.8, 4) is 11.5 Å². The molecule has 0 spiro atoms. The van der Waals surface area contributed by atoms with Crippen LogP contribution >= 0.6 is 11.8 Å². The Balaban J connectivity index is 2.02. The van der Waals surface area contributed by atoms with Crippen molar-refractivity contribution in [2.75, 3.05) is 26.5 Å². The van der Waals surface area contributed by atoms with Gasteiger partial charge in [-0.05, 0) is 30.3 Å². The first-order valence-corrected chi connectivity index (χ1v) is 9.94. The number of rotatable bonds is 4. The summed E-state index contributed by atoms with van der Waals surface area (Å²) in [7, 11) is 2.87. The topological polar surface area (TPSA) is 38.8 Å². The number of alkyl halides is 6. The summed E-state index contributed by atoms with van der Waals surface area (Å²) in [4.78, 5) is 14.3. The molecule has 1 atom stereocenters. The number of ether oxygens (including phenoxy) is 2. The first kappa shape index (κ1) is 23.1. The molecule has 2 aromatic carbocycles. The third-order valence-electron chi connectivity index (χ3n) is 4.69. The van der Waals surface area contributed by atoms with Gasteiger partial charge in [-0.2, -0.15) is 26.3 Å². The van der Waals surface area contributed by atoms with Gasteiger partial charge in [0.25, 0.3) is 5.91 Å². The van der Waals surface area contributed by atoms with Crippen LogP contribution in [-0.4, -0.2) is 37.3 Å². The second-order valence-corrected chi connectivity index (χ2v) is 7.81. The Morgan fingerprint density at radius 2 is 1.58 bits per heavy atom. The summed E-state index contributed by atoms with van der Waals surface area (Å²) in [6.07, 6.45) is -10.1. The molecule has 0 bridgehead atoms. The highest BCUT2D eigenvalue weighted by Gasteiger charge is 2.39. The first-order valence-electron chi connectivity index (χ1n) is 8.89. The van der Waals surface area contributed by atoms with E-state index in [1.54, 1.807) is 18.2 Å². The normalized spacial score (nSPS) is 17.0. The second kappa shape index (κ2) is 8.52. The van der Waals surface area contributed by atoms with Gasteiger partial charge in [-0.15, -0.1) is 11.8 Å². The van der Waals surface area contributed by atoms with Gasteiger partial charge in [-0.3, -0.25) is 4.79 Å². The fourth-order valence-corrected chi connectivity index (χ4v) is 4.48. The zero-order valence-electron chi connectivity index (χ0n) is 16.3. The average Bonchev–Trinajstić information content (AvgIpc) is 3.20. The smallest absolute Gasteiger partial charge is 0.416 e. The Kier molecular flexibility index (Phi) is 6.35. The Labute approximate surface area is 178 Å². The van der Waals surface area contributed by atoms with Gasteiger partial charge in [-0.25, -0.2) is 0 Å². The van der Waals surface area contributed by atoms with E-state index in [0.717, 1.165) is 0 Å². The molecule has 1 unspecified atom stereocenters. The molecule has 0 aromatic heterocycles. The van der Waals surface area contributed by atoms with E-state index in [4.69, 9.17) is 9.47 Å². The van der Waals surface area contributed by atoms with Gasteiger partial charge in [-0.1, -0.05) is 0 Å². The van der Waals surface area contributed by atoms with E-state index in [2.05, 4.69) is 0 Å². The highest BCUT2D eigenvalue weighted by molar-refractivity contribution is 7.99. The first-order chi connectivity index (χ1) is 14.5. The van der Waals surface area contributed by atoms with Crippen LogP contribution in [0.4, 0.5) is 26.3 Å². The third kappa shape index (κ3) is 4.86. The number of hydrogen-bond acceptors (Lipinski definition) is 4.